The van der Waals surface area contributed by atoms with E-state index in [0.717, 1.165) is 5.75 Å². The van der Waals surface area contributed by atoms with Crippen LogP contribution in [0.5, 0.6) is 5.75 Å². The Bertz CT molecular complexity index is 460. The standard InChI is InChI=1S/C16H18O/c1-13(2)15-10-6-7-11-16(15)17-12-14-8-4-3-5-9-14/h3-11,13H,12H2,1-2H3. The Morgan fingerprint density at radius 1 is 0.882 bits per heavy atom. The first-order valence-electron chi connectivity index (χ1n) is 6.03. The van der Waals surface area contributed by atoms with Gasteiger partial charge in [-0.1, -0.05) is 62.4 Å². The zero-order valence-electron chi connectivity index (χ0n) is 10.4. The number of para-hydroxylation sites is 1. The summed E-state index contributed by atoms with van der Waals surface area (Å²) < 4.78 is 5.88. The maximum absolute atomic E-state index is 5.88. The number of hydrogen-bond donors (Lipinski definition) is 0. The third-order valence-electron chi connectivity index (χ3n) is 2.78. The highest BCUT2D eigenvalue weighted by atomic mass is 16.5. The van der Waals surface area contributed by atoms with Crippen LogP contribution in [0.4, 0.5) is 0 Å². The van der Waals surface area contributed by atoms with Crippen LogP contribution in [-0.2, 0) is 6.61 Å². The van der Waals surface area contributed by atoms with Gasteiger partial charge in [0.25, 0.3) is 0 Å². The van der Waals surface area contributed by atoms with Crippen molar-refractivity contribution in [2.75, 3.05) is 0 Å². The van der Waals surface area contributed by atoms with Gasteiger partial charge in [0.05, 0.1) is 0 Å². The average molecular weight is 226 g/mol. The molecule has 17 heavy (non-hydrogen) atoms. The van der Waals surface area contributed by atoms with Crippen molar-refractivity contribution in [2.45, 2.75) is 26.4 Å². The van der Waals surface area contributed by atoms with E-state index in [-0.39, 0.29) is 0 Å². The molecule has 0 atom stereocenters. The Morgan fingerprint density at radius 2 is 1.53 bits per heavy atom. The summed E-state index contributed by atoms with van der Waals surface area (Å²) in [4.78, 5) is 0. The quantitative estimate of drug-likeness (QED) is 0.751. The van der Waals surface area contributed by atoms with Crippen molar-refractivity contribution in [1.82, 2.24) is 0 Å². The van der Waals surface area contributed by atoms with E-state index in [4.69, 9.17) is 4.74 Å². The van der Waals surface area contributed by atoms with Crippen molar-refractivity contribution in [1.29, 1.82) is 0 Å². The van der Waals surface area contributed by atoms with Gasteiger partial charge >= 0.3 is 0 Å². The fourth-order valence-electron chi connectivity index (χ4n) is 1.82. The lowest BCUT2D eigenvalue weighted by atomic mass is 10.0. The van der Waals surface area contributed by atoms with E-state index in [0.29, 0.717) is 12.5 Å². The van der Waals surface area contributed by atoms with Gasteiger partial charge in [0, 0.05) is 0 Å². The van der Waals surface area contributed by atoms with Crippen LogP contribution < -0.4 is 4.74 Å². The Morgan fingerprint density at radius 3 is 2.24 bits per heavy atom. The van der Waals surface area contributed by atoms with Crippen molar-refractivity contribution in [3.8, 4) is 5.75 Å². The molecule has 1 nitrogen and oxygen atoms in total. The Hall–Kier alpha value is -1.76. The number of rotatable bonds is 4. The molecule has 0 aliphatic heterocycles. The molecular weight excluding hydrogens is 208 g/mol. The first-order valence-corrected chi connectivity index (χ1v) is 6.03. The summed E-state index contributed by atoms with van der Waals surface area (Å²) in [6.45, 7) is 5.00. The van der Waals surface area contributed by atoms with Gasteiger partial charge in [0.2, 0.25) is 0 Å². The van der Waals surface area contributed by atoms with Gasteiger partial charge < -0.3 is 4.74 Å². The molecule has 0 saturated carbocycles. The Balaban J connectivity index is 2.09. The van der Waals surface area contributed by atoms with Crippen molar-refractivity contribution in [3.63, 3.8) is 0 Å². The summed E-state index contributed by atoms with van der Waals surface area (Å²) in [5, 5.41) is 0. The van der Waals surface area contributed by atoms with Gasteiger partial charge in [0.1, 0.15) is 12.4 Å². The van der Waals surface area contributed by atoms with Crippen LogP contribution in [0.3, 0.4) is 0 Å². The second kappa shape index (κ2) is 5.53. The maximum Gasteiger partial charge on any atom is 0.123 e. The molecule has 0 heterocycles. The van der Waals surface area contributed by atoms with E-state index < -0.39 is 0 Å². The molecular formula is C16H18O. The van der Waals surface area contributed by atoms with E-state index in [1.807, 2.05) is 30.3 Å². The topological polar surface area (TPSA) is 9.23 Å². The van der Waals surface area contributed by atoms with E-state index in [9.17, 15) is 0 Å². The van der Waals surface area contributed by atoms with Crippen LogP contribution in [0.25, 0.3) is 0 Å². The van der Waals surface area contributed by atoms with Gasteiger partial charge in [-0.05, 0) is 23.1 Å². The minimum atomic E-state index is 0.488. The summed E-state index contributed by atoms with van der Waals surface area (Å²) in [6, 6.07) is 18.5. The minimum absolute atomic E-state index is 0.488. The largest absolute Gasteiger partial charge is 0.489 e. The molecule has 0 bridgehead atoms. The predicted molar refractivity (Wildman–Crippen MR) is 71.3 cm³/mol. The maximum atomic E-state index is 5.88. The summed E-state index contributed by atoms with van der Waals surface area (Å²) in [5.74, 6) is 1.48. The van der Waals surface area contributed by atoms with Crippen molar-refractivity contribution >= 4 is 0 Å². The SMILES string of the molecule is CC(C)c1ccccc1OCc1ccccc1. The highest BCUT2D eigenvalue weighted by Crippen LogP contribution is 2.26. The average Bonchev–Trinajstić information content (AvgIpc) is 2.38. The second-order valence-electron chi connectivity index (χ2n) is 4.47. The van der Waals surface area contributed by atoms with E-state index in [1.54, 1.807) is 0 Å². The molecule has 2 rings (SSSR count). The highest BCUT2D eigenvalue weighted by Gasteiger charge is 2.06. The van der Waals surface area contributed by atoms with Crippen LogP contribution >= 0.6 is 0 Å². The predicted octanol–water partition coefficient (Wildman–Crippen LogP) is 4.39. The molecule has 1 heteroatoms. The Kier molecular flexibility index (Phi) is 3.81. The lowest BCUT2D eigenvalue weighted by Gasteiger charge is -2.13. The molecule has 0 aromatic heterocycles. The molecule has 2 aromatic rings. The van der Waals surface area contributed by atoms with E-state index in [1.165, 1.54) is 11.1 Å². The third kappa shape index (κ3) is 3.10. The zero-order chi connectivity index (χ0) is 12.1. The van der Waals surface area contributed by atoms with Gasteiger partial charge in [-0.15, -0.1) is 0 Å². The zero-order valence-corrected chi connectivity index (χ0v) is 10.4. The van der Waals surface area contributed by atoms with Crippen LogP contribution in [0, 0.1) is 0 Å². The first-order chi connectivity index (χ1) is 8.27. The molecule has 0 saturated heterocycles. The lowest BCUT2D eigenvalue weighted by molar-refractivity contribution is 0.302. The van der Waals surface area contributed by atoms with Crippen molar-refractivity contribution in [2.24, 2.45) is 0 Å². The smallest absolute Gasteiger partial charge is 0.123 e. The molecule has 0 amide bonds. The third-order valence-corrected chi connectivity index (χ3v) is 2.78. The van der Waals surface area contributed by atoms with Crippen LogP contribution in [0.1, 0.15) is 30.9 Å². The molecule has 0 aliphatic carbocycles. The molecule has 0 spiro atoms. The minimum Gasteiger partial charge on any atom is -0.489 e. The number of ether oxygens (including phenoxy) is 1. The fraction of sp³-hybridized carbons (Fsp3) is 0.250. The molecule has 0 unspecified atom stereocenters. The molecule has 0 aliphatic rings. The summed E-state index contributed by atoms with van der Waals surface area (Å²) in [5.41, 5.74) is 2.47. The Labute approximate surface area is 103 Å². The fourth-order valence-corrected chi connectivity index (χ4v) is 1.82. The van der Waals surface area contributed by atoms with Crippen molar-refractivity contribution < 1.29 is 4.74 Å². The number of benzene rings is 2. The van der Waals surface area contributed by atoms with Crippen LogP contribution in [0.2, 0.25) is 0 Å². The van der Waals surface area contributed by atoms with Crippen LogP contribution in [-0.4, -0.2) is 0 Å². The lowest BCUT2D eigenvalue weighted by Crippen LogP contribution is -1.99. The van der Waals surface area contributed by atoms with Gasteiger partial charge in [-0.3, -0.25) is 0 Å². The molecule has 2 aromatic carbocycles. The van der Waals surface area contributed by atoms with Crippen LogP contribution in [0.15, 0.2) is 54.6 Å². The van der Waals surface area contributed by atoms with E-state index >= 15 is 0 Å². The summed E-state index contributed by atoms with van der Waals surface area (Å²) in [6.07, 6.45) is 0. The second-order valence-corrected chi connectivity index (χ2v) is 4.47. The van der Waals surface area contributed by atoms with E-state index in [2.05, 4.69) is 38.1 Å². The van der Waals surface area contributed by atoms with Gasteiger partial charge in [-0.2, -0.15) is 0 Å². The molecule has 0 N–H and O–H groups in total. The first kappa shape index (κ1) is 11.7. The number of hydrogen-bond acceptors (Lipinski definition) is 1. The molecule has 0 radical (unpaired) electrons. The molecule has 88 valence electrons. The van der Waals surface area contributed by atoms with Crippen molar-refractivity contribution in [3.05, 3.63) is 65.7 Å². The van der Waals surface area contributed by atoms with Gasteiger partial charge in [-0.25, -0.2) is 0 Å². The summed E-state index contributed by atoms with van der Waals surface area (Å²) >= 11 is 0. The normalized spacial score (nSPS) is 10.5. The monoisotopic (exact) mass is 226 g/mol. The van der Waals surface area contributed by atoms with Gasteiger partial charge in [0.15, 0.2) is 0 Å². The molecule has 0 fully saturated rings. The summed E-state index contributed by atoms with van der Waals surface area (Å²) in [7, 11) is 0. The highest BCUT2D eigenvalue weighted by molar-refractivity contribution is 5.35.